The lowest BCUT2D eigenvalue weighted by atomic mass is 10.1. The summed E-state index contributed by atoms with van der Waals surface area (Å²) in [7, 11) is 3.50. The molecule has 5 heteroatoms. The average molecular weight is 304 g/mol. The second-order valence-corrected chi connectivity index (χ2v) is 5.66. The molecule has 21 heavy (non-hydrogen) atoms. The Morgan fingerprint density at radius 1 is 1.24 bits per heavy atom. The molecule has 0 bridgehead atoms. The normalized spacial score (nSPS) is 10.4. The van der Waals surface area contributed by atoms with E-state index in [1.807, 2.05) is 31.3 Å². The minimum absolute atomic E-state index is 0.0729. The monoisotopic (exact) mass is 304 g/mol. The first kappa shape index (κ1) is 15.5. The van der Waals surface area contributed by atoms with Crippen LogP contribution in [0.1, 0.15) is 11.3 Å². The van der Waals surface area contributed by atoms with Crippen molar-refractivity contribution in [1.29, 1.82) is 0 Å². The number of methoxy groups -OCH3 is 1. The van der Waals surface area contributed by atoms with Gasteiger partial charge in [-0.05, 0) is 41.8 Å². The summed E-state index contributed by atoms with van der Waals surface area (Å²) in [6.45, 7) is 1.29. The van der Waals surface area contributed by atoms with Crippen molar-refractivity contribution in [2.45, 2.75) is 13.0 Å². The summed E-state index contributed by atoms with van der Waals surface area (Å²) in [6, 6.07) is 10.1. The molecule has 1 aromatic carbocycles. The first-order valence-electron chi connectivity index (χ1n) is 6.86. The van der Waals surface area contributed by atoms with Crippen LogP contribution in [0.4, 0.5) is 0 Å². The van der Waals surface area contributed by atoms with Crippen molar-refractivity contribution >= 4 is 17.2 Å². The van der Waals surface area contributed by atoms with Crippen molar-refractivity contribution in [1.82, 2.24) is 10.6 Å². The fourth-order valence-corrected chi connectivity index (χ4v) is 2.75. The van der Waals surface area contributed by atoms with Gasteiger partial charge in [0.25, 0.3) is 0 Å². The number of hydrogen-bond donors (Lipinski definition) is 2. The third-order valence-electron chi connectivity index (χ3n) is 3.14. The molecule has 0 radical (unpaired) electrons. The maximum absolute atomic E-state index is 11.6. The summed E-state index contributed by atoms with van der Waals surface area (Å²) in [4.78, 5) is 12.7. The molecule has 0 spiro atoms. The van der Waals surface area contributed by atoms with Crippen LogP contribution in [0.25, 0.3) is 11.1 Å². The standard InChI is InChI=1S/C16H20N2O2S/c1-17-8-7-16(19)18-10-15-9-13(11-21-15)12-3-5-14(20-2)6-4-12/h3-6,9,11,17H,7-8,10H2,1-2H3,(H,18,19). The van der Waals surface area contributed by atoms with E-state index in [1.54, 1.807) is 18.4 Å². The molecule has 4 nitrogen and oxygen atoms in total. The zero-order valence-corrected chi connectivity index (χ0v) is 13.1. The van der Waals surface area contributed by atoms with Gasteiger partial charge in [-0.3, -0.25) is 4.79 Å². The molecule has 0 aliphatic carbocycles. The molecule has 2 rings (SSSR count). The fraction of sp³-hybridized carbons (Fsp3) is 0.312. The molecular weight excluding hydrogens is 284 g/mol. The predicted molar refractivity (Wildman–Crippen MR) is 86.7 cm³/mol. The molecule has 2 N–H and O–H groups in total. The van der Waals surface area contributed by atoms with Crippen LogP contribution in [0.5, 0.6) is 5.75 Å². The Morgan fingerprint density at radius 2 is 2.00 bits per heavy atom. The van der Waals surface area contributed by atoms with Gasteiger partial charge >= 0.3 is 0 Å². The topological polar surface area (TPSA) is 50.4 Å². The molecule has 0 unspecified atom stereocenters. The number of carbonyl (C=O) groups is 1. The summed E-state index contributed by atoms with van der Waals surface area (Å²) in [5.41, 5.74) is 2.32. The van der Waals surface area contributed by atoms with E-state index >= 15 is 0 Å². The van der Waals surface area contributed by atoms with Crippen molar-refractivity contribution in [3.8, 4) is 16.9 Å². The van der Waals surface area contributed by atoms with Gasteiger partial charge in [-0.25, -0.2) is 0 Å². The minimum Gasteiger partial charge on any atom is -0.497 e. The van der Waals surface area contributed by atoms with Gasteiger partial charge in [-0.2, -0.15) is 0 Å². The number of ether oxygens (including phenoxy) is 1. The quantitative estimate of drug-likeness (QED) is 0.827. The van der Waals surface area contributed by atoms with Crippen molar-refractivity contribution in [3.63, 3.8) is 0 Å². The van der Waals surface area contributed by atoms with Crippen molar-refractivity contribution in [3.05, 3.63) is 40.6 Å². The lowest BCUT2D eigenvalue weighted by Crippen LogP contribution is -2.25. The molecule has 0 aliphatic rings. The number of rotatable bonds is 7. The first-order valence-corrected chi connectivity index (χ1v) is 7.74. The Hall–Kier alpha value is -1.85. The summed E-state index contributed by atoms with van der Waals surface area (Å²) in [5.74, 6) is 0.926. The molecule has 0 aliphatic heterocycles. The molecule has 0 saturated heterocycles. The Bertz CT molecular complexity index is 578. The molecule has 1 amide bonds. The number of hydrogen-bond acceptors (Lipinski definition) is 4. The zero-order valence-electron chi connectivity index (χ0n) is 12.3. The number of thiophene rings is 1. The van der Waals surface area contributed by atoms with Gasteiger partial charge in [0.15, 0.2) is 0 Å². The van der Waals surface area contributed by atoms with Gasteiger partial charge in [0.05, 0.1) is 13.7 Å². The van der Waals surface area contributed by atoms with E-state index in [-0.39, 0.29) is 5.91 Å². The predicted octanol–water partition coefficient (Wildman–Crippen LogP) is 2.65. The number of amides is 1. The zero-order chi connectivity index (χ0) is 15.1. The van der Waals surface area contributed by atoms with Crippen molar-refractivity contribution < 1.29 is 9.53 Å². The van der Waals surface area contributed by atoms with E-state index in [0.29, 0.717) is 19.5 Å². The highest BCUT2D eigenvalue weighted by Crippen LogP contribution is 2.27. The fourth-order valence-electron chi connectivity index (χ4n) is 1.92. The highest BCUT2D eigenvalue weighted by Gasteiger charge is 2.05. The van der Waals surface area contributed by atoms with Crippen molar-refractivity contribution in [2.75, 3.05) is 20.7 Å². The van der Waals surface area contributed by atoms with Crippen LogP contribution in [0.15, 0.2) is 35.7 Å². The summed E-state index contributed by atoms with van der Waals surface area (Å²) < 4.78 is 5.16. The molecule has 2 aromatic rings. The van der Waals surface area contributed by atoms with E-state index in [9.17, 15) is 4.79 Å². The maximum Gasteiger partial charge on any atom is 0.221 e. The Kier molecular flexibility index (Phi) is 5.78. The average Bonchev–Trinajstić information content (AvgIpc) is 3.00. The van der Waals surface area contributed by atoms with Gasteiger partial charge in [0, 0.05) is 17.8 Å². The van der Waals surface area contributed by atoms with Crippen molar-refractivity contribution in [2.24, 2.45) is 0 Å². The highest BCUT2D eigenvalue weighted by molar-refractivity contribution is 7.10. The molecule has 1 aromatic heterocycles. The van der Waals surface area contributed by atoms with Crippen LogP contribution >= 0.6 is 11.3 Å². The smallest absolute Gasteiger partial charge is 0.221 e. The number of carbonyl (C=O) groups excluding carboxylic acids is 1. The molecule has 0 atom stereocenters. The lowest BCUT2D eigenvalue weighted by molar-refractivity contribution is -0.121. The van der Waals surface area contributed by atoms with Gasteiger partial charge < -0.3 is 15.4 Å². The SMILES string of the molecule is CNCCC(=O)NCc1cc(-c2ccc(OC)cc2)cs1. The maximum atomic E-state index is 11.6. The van der Waals surface area contributed by atoms with E-state index in [1.165, 1.54) is 5.56 Å². The van der Waals surface area contributed by atoms with Gasteiger partial charge in [0.1, 0.15) is 5.75 Å². The number of nitrogens with one attached hydrogen (secondary N) is 2. The van der Waals surface area contributed by atoms with Crippen LogP contribution in [-0.4, -0.2) is 26.6 Å². The highest BCUT2D eigenvalue weighted by atomic mass is 32.1. The Morgan fingerprint density at radius 3 is 2.67 bits per heavy atom. The molecule has 1 heterocycles. The second kappa shape index (κ2) is 7.81. The summed E-state index contributed by atoms with van der Waals surface area (Å²) in [5, 5.41) is 8.00. The van der Waals surface area contributed by atoms with E-state index in [2.05, 4.69) is 22.1 Å². The first-order chi connectivity index (χ1) is 10.2. The third kappa shape index (κ3) is 4.58. The number of benzene rings is 1. The molecule has 0 fully saturated rings. The lowest BCUT2D eigenvalue weighted by Gasteiger charge is -2.03. The Labute approximate surface area is 129 Å². The second-order valence-electron chi connectivity index (χ2n) is 4.66. The van der Waals surface area contributed by atoms with Gasteiger partial charge in [-0.15, -0.1) is 11.3 Å². The largest absolute Gasteiger partial charge is 0.497 e. The van der Waals surface area contributed by atoms with E-state index in [0.717, 1.165) is 16.2 Å². The third-order valence-corrected chi connectivity index (χ3v) is 4.08. The van der Waals surface area contributed by atoms with Crippen LogP contribution in [0.2, 0.25) is 0 Å². The summed E-state index contributed by atoms with van der Waals surface area (Å²) in [6.07, 6.45) is 0.507. The van der Waals surface area contributed by atoms with Crippen LogP contribution in [0, 0.1) is 0 Å². The molecule has 0 saturated carbocycles. The van der Waals surface area contributed by atoms with Gasteiger partial charge in [-0.1, -0.05) is 12.1 Å². The van der Waals surface area contributed by atoms with Crippen LogP contribution < -0.4 is 15.4 Å². The van der Waals surface area contributed by atoms with E-state index in [4.69, 9.17) is 4.74 Å². The molecule has 112 valence electrons. The molecular formula is C16H20N2O2S. The van der Waals surface area contributed by atoms with E-state index < -0.39 is 0 Å². The minimum atomic E-state index is 0.0729. The van der Waals surface area contributed by atoms with Crippen LogP contribution in [0.3, 0.4) is 0 Å². The Balaban J connectivity index is 1.92. The van der Waals surface area contributed by atoms with Gasteiger partial charge in [0.2, 0.25) is 5.91 Å². The van der Waals surface area contributed by atoms with Crippen LogP contribution in [-0.2, 0) is 11.3 Å². The summed E-state index contributed by atoms with van der Waals surface area (Å²) >= 11 is 1.66.